The van der Waals surface area contributed by atoms with Gasteiger partial charge in [0.1, 0.15) is 5.82 Å². The molecule has 0 saturated carbocycles. The summed E-state index contributed by atoms with van der Waals surface area (Å²) in [6.07, 6.45) is 0.830. The van der Waals surface area contributed by atoms with Crippen LogP contribution in [-0.2, 0) is 6.42 Å². The van der Waals surface area contributed by atoms with Crippen LogP contribution in [0.3, 0.4) is 0 Å². The van der Waals surface area contributed by atoms with Gasteiger partial charge in [-0.3, -0.25) is 4.57 Å². The highest BCUT2D eigenvalue weighted by atomic mass is 15.3. The minimum Gasteiger partial charge on any atom is -0.330 e. The van der Waals surface area contributed by atoms with Gasteiger partial charge in [-0.1, -0.05) is 42.5 Å². The van der Waals surface area contributed by atoms with E-state index in [0.717, 1.165) is 29.3 Å². The minimum atomic E-state index is 0.621. The lowest BCUT2D eigenvalue weighted by Crippen LogP contribution is -2.06. The Morgan fingerprint density at radius 2 is 1.67 bits per heavy atom. The summed E-state index contributed by atoms with van der Waals surface area (Å²) in [5.41, 5.74) is 9.08. The van der Waals surface area contributed by atoms with Crippen molar-refractivity contribution in [2.24, 2.45) is 5.73 Å². The lowest BCUT2D eigenvalue weighted by molar-refractivity contribution is 0.955. The van der Waals surface area contributed by atoms with Crippen molar-refractivity contribution in [1.29, 1.82) is 0 Å². The van der Waals surface area contributed by atoms with E-state index in [1.54, 1.807) is 0 Å². The molecule has 106 valence electrons. The highest BCUT2D eigenvalue weighted by molar-refractivity contribution is 5.63. The fraction of sp³-hybridized carbons (Fsp3) is 0.176. The normalized spacial score (nSPS) is 10.8. The molecule has 1 aromatic heterocycles. The first-order valence-corrected chi connectivity index (χ1v) is 7.07. The molecule has 0 aliphatic rings. The van der Waals surface area contributed by atoms with Gasteiger partial charge in [0.2, 0.25) is 0 Å². The number of para-hydroxylation sites is 1. The van der Waals surface area contributed by atoms with Crippen molar-refractivity contribution < 1.29 is 0 Å². The molecule has 4 heteroatoms. The maximum absolute atomic E-state index is 5.72. The molecule has 21 heavy (non-hydrogen) atoms. The number of nitrogens with two attached hydrogens (primary N) is 1. The largest absolute Gasteiger partial charge is 0.330 e. The second-order valence-corrected chi connectivity index (χ2v) is 4.94. The monoisotopic (exact) mass is 278 g/mol. The molecule has 0 aliphatic carbocycles. The molecule has 0 unspecified atom stereocenters. The molecule has 3 rings (SSSR count). The van der Waals surface area contributed by atoms with Gasteiger partial charge < -0.3 is 5.73 Å². The van der Waals surface area contributed by atoms with E-state index in [1.807, 2.05) is 37.3 Å². The van der Waals surface area contributed by atoms with E-state index in [1.165, 1.54) is 5.56 Å². The number of rotatable bonds is 4. The van der Waals surface area contributed by atoms with Crippen LogP contribution in [0.15, 0.2) is 54.6 Å². The third-order valence-corrected chi connectivity index (χ3v) is 3.51. The fourth-order valence-corrected chi connectivity index (χ4v) is 2.53. The molecule has 4 nitrogen and oxygen atoms in total. The van der Waals surface area contributed by atoms with E-state index >= 15 is 0 Å². The molecule has 0 radical (unpaired) electrons. The molecule has 1 heterocycles. The number of aromatic nitrogens is 3. The minimum absolute atomic E-state index is 0.621. The summed E-state index contributed by atoms with van der Waals surface area (Å²) in [5, 5.41) is 8.63. The van der Waals surface area contributed by atoms with Crippen molar-refractivity contribution in [1.82, 2.24) is 14.8 Å². The Balaban J connectivity index is 2.17. The summed E-state index contributed by atoms with van der Waals surface area (Å²) < 4.78 is 2.08. The van der Waals surface area contributed by atoms with Gasteiger partial charge >= 0.3 is 0 Å². The van der Waals surface area contributed by atoms with Crippen molar-refractivity contribution in [2.45, 2.75) is 13.3 Å². The maximum atomic E-state index is 5.72. The summed E-state index contributed by atoms with van der Waals surface area (Å²) in [4.78, 5) is 0. The van der Waals surface area contributed by atoms with Crippen molar-refractivity contribution in [3.63, 3.8) is 0 Å². The topological polar surface area (TPSA) is 56.7 Å². The number of benzene rings is 2. The van der Waals surface area contributed by atoms with E-state index in [4.69, 9.17) is 5.73 Å². The van der Waals surface area contributed by atoms with Gasteiger partial charge in [-0.05, 0) is 37.6 Å². The van der Waals surface area contributed by atoms with Gasteiger partial charge in [0.05, 0.1) is 0 Å². The average Bonchev–Trinajstić information content (AvgIpc) is 2.91. The van der Waals surface area contributed by atoms with Crippen LogP contribution in [-0.4, -0.2) is 21.3 Å². The molecule has 0 fully saturated rings. The molecule has 0 bridgehead atoms. The fourth-order valence-electron chi connectivity index (χ4n) is 2.53. The van der Waals surface area contributed by atoms with Crippen molar-refractivity contribution in [3.05, 3.63) is 66.0 Å². The highest BCUT2D eigenvalue weighted by Crippen LogP contribution is 2.25. The summed E-state index contributed by atoms with van der Waals surface area (Å²) in [6, 6.07) is 18.4. The van der Waals surface area contributed by atoms with Crippen molar-refractivity contribution >= 4 is 0 Å². The predicted octanol–water partition coefficient (Wildman–Crippen LogP) is 2.74. The summed E-state index contributed by atoms with van der Waals surface area (Å²) in [7, 11) is 0. The van der Waals surface area contributed by atoms with E-state index in [0.29, 0.717) is 6.54 Å². The Morgan fingerprint density at radius 1 is 0.952 bits per heavy atom. The van der Waals surface area contributed by atoms with Gasteiger partial charge in [-0.25, -0.2) is 0 Å². The Hall–Kier alpha value is -2.46. The molecule has 2 aromatic carbocycles. The molecule has 0 amide bonds. The van der Waals surface area contributed by atoms with Gasteiger partial charge in [-0.2, -0.15) is 0 Å². The van der Waals surface area contributed by atoms with E-state index < -0.39 is 0 Å². The molecule has 0 aliphatic heterocycles. The Bertz CT molecular complexity index is 732. The van der Waals surface area contributed by atoms with Gasteiger partial charge in [-0.15, -0.1) is 10.2 Å². The van der Waals surface area contributed by atoms with Crippen LogP contribution in [0.25, 0.3) is 17.1 Å². The zero-order chi connectivity index (χ0) is 14.7. The van der Waals surface area contributed by atoms with Crippen LogP contribution < -0.4 is 5.73 Å². The Morgan fingerprint density at radius 3 is 2.43 bits per heavy atom. The Kier molecular flexibility index (Phi) is 3.79. The van der Waals surface area contributed by atoms with E-state index in [-0.39, 0.29) is 0 Å². The van der Waals surface area contributed by atoms with Gasteiger partial charge in [0.15, 0.2) is 5.82 Å². The molecule has 2 N–H and O–H groups in total. The summed E-state index contributed by atoms with van der Waals surface area (Å²) >= 11 is 0. The third-order valence-electron chi connectivity index (χ3n) is 3.51. The number of hydrogen-bond acceptors (Lipinski definition) is 3. The number of nitrogens with zero attached hydrogens (tertiary/aromatic N) is 3. The lowest BCUT2D eigenvalue weighted by Gasteiger charge is -2.11. The van der Waals surface area contributed by atoms with Crippen LogP contribution in [0.2, 0.25) is 0 Å². The lowest BCUT2D eigenvalue weighted by atomic mass is 10.0. The molecule has 3 aromatic rings. The number of aryl methyl sites for hydroxylation is 1. The highest BCUT2D eigenvalue weighted by Gasteiger charge is 2.15. The first kappa shape index (κ1) is 13.5. The van der Waals surface area contributed by atoms with Gasteiger partial charge in [0, 0.05) is 11.3 Å². The third kappa shape index (κ3) is 2.58. The zero-order valence-corrected chi connectivity index (χ0v) is 12.0. The van der Waals surface area contributed by atoms with Crippen molar-refractivity contribution in [3.8, 4) is 17.1 Å². The maximum Gasteiger partial charge on any atom is 0.168 e. The van der Waals surface area contributed by atoms with Crippen LogP contribution in [0.5, 0.6) is 0 Å². The Labute approximate surface area is 124 Å². The first-order valence-electron chi connectivity index (χ1n) is 7.07. The molecule has 0 spiro atoms. The van der Waals surface area contributed by atoms with Gasteiger partial charge in [0.25, 0.3) is 0 Å². The second-order valence-electron chi connectivity index (χ2n) is 4.94. The first-order chi connectivity index (χ1) is 10.3. The van der Waals surface area contributed by atoms with Crippen LogP contribution in [0.1, 0.15) is 11.4 Å². The molecular weight excluding hydrogens is 260 g/mol. The van der Waals surface area contributed by atoms with Crippen molar-refractivity contribution in [2.75, 3.05) is 6.54 Å². The van der Waals surface area contributed by atoms with E-state index in [2.05, 4.69) is 39.0 Å². The quantitative estimate of drug-likeness (QED) is 0.798. The van der Waals surface area contributed by atoms with E-state index in [9.17, 15) is 0 Å². The molecule has 0 saturated heterocycles. The molecular formula is C17H18N4. The standard InChI is InChI=1S/C17H18N4/c1-13-19-20-17(21(13)15-8-3-2-4-9-15)16-10-6-5-7-14(16)11-12-18/h2-10H,11-12,18H2,1H3. The average molecular weight is 278 g/mol. The number of hydrogen-bond donors (Lipinski definition) is 1. The summed E-state index contributed by atoms with van der Waals surface area (Å²) in [5.74, 6) is 1.74. The van der Waals surface area contributed by atoms with Crippen LogP contribution >= 0.6 is 0 Å². The van der Waals surface area contributed by atoms with Crippen LogP contribution in [0.4, 0.5) is 0 Å². The smallest absolute Gasteiger partial charge is 0.168 e. The molecule has 0 atom stereocenters. The summed E-state index contributed by atoms with van der Waals surface area (Å²) in [6.45, 7) is 2.59. The van der Waals surface area contributed by atoms with Crippen LogP contribution in [0, 0.1) is 6.92 Å². The SMILES string of the molecule is Cc1nnc(-c2ccccc2CCN)n1-c1ccccc1. The second kappa shape index (κ2) is 5.89. The predicted molar refractivity (Wildman–Crippen MR) is 84.3 cm³/mol. The zero-order valence-electron chi connectivity index (χ0n) is 12.0.